The van der Waals surface area contributed by atoms with Crippen molar-refractivity contribution in [1.82, 2.24) is 4.90 Å². The van der Waals surface area contributed by atoms with Crippen LogP contribution in [-0.2, 0) is 0 Å². The van der Waals surface area contributed by atoms with E-state index in [0.717, 1.165) is 32.5 Å². The first-order chi connectivity index (χ1) is 5.76. The number of hydrogen-bond acceptors (Lipinski definition) is 3. The van der Waals surface area contributed by atoms with Crippen LogP contribution in [0.2, 0.25) is 0 Å². The van der Waals surface area contributed by atoms with Crippen molar-refractivity contribution in [3.05, 3.63) is 0 Å². The zero-order valence-electron chi connectivity index (χ0n) is 8.29. The average molecular weight is 174 g/mol. The van der Waals surface area contributed by atoms with Gasteiger partial charge in [0.2, 0.25) is 0 Å². The third-order valence-corrected chi connectivity index (χ3v) is 2.22. The van der Waals surface area contributed by atoms with E-state index in [2.05, 4.69) is 18.7 Å². The third-order valence-electron chi connectivity index (χ3n) is 2.22. The van der Waals surface area contributed by atoms with Crippen molar-refractivity contribution in [3.8, 4) is 0 Å². The van der Waals surface area contributed by atoms with Crippen molar-refractivity contribution in [2.75, 3.05) is 26.2 Å². The maximum absolute atomic E-state index is 8.67. The van der Waals surface area contributed by atoms with Gasteiger partial charge in [-0.3, -0.25) is 0 Å². The van der Waals surface area contributed by atoms with Crippen LogP contribution < -0.4 is 5.73 Å². The van der Waals surface area contributed by atoms with Crippen LogP contribution in [0, 0.1) is 0 Å². The van der Waals surface area contributed by atoms with Gasteiger partial charge >= 0.3 is 0 Å². The number of nitrogens with two attached hydrogens (primary N) is 1. The molecule has 0 radical (unpaired) electrons. The quantitative estimate of drug-likeness (QED) is 0.588. The van der Waals surface area contributed by atoms with E-state index in [0.29, 0.717) is 6.04 Å². The molecule has 0 heterocycles. The van der Waals surface area contributed by atoms with Crippen LogP contribution in [0.1, 0.15) is 26.7 Å². The van der Waals surface area contributed by atoms with E-state index in [4.69, 9.17) is 10.8 Å². The lowest BCUT2D eigenvalue weighted by atomic mass is 10.2. The first kappa shape index (κ1) is 11.9. The molecule has 0 saturated carbocycles. The number of aliphatic hydroxyl groups is 1. The SMILES string of the molecule is CCN(CCCO)C(C)CCN. The molecule has 1 atom stereocenters. The number of hydrogen-bond donors (Lipinski definition) is 2. The summed E-state index contributed by atoms with van der Waals surface area (Å²) in [5.74, 6) is 0. The Labute approximate surface area is 75.6 Å². The molecule has 0 fully saturated rings. The van der Waals surface area contributed by atoms with Gasteiger partial charge in [0.15, 0.2) is 0 Å². The van der Waals surface area contributed by atoms with E-state index in [1.165, 1.54) is 0 Å². The molecule has 0 spiro atoms. The minimum absolute atomic E-state index is 0.284. The lowest BCUT2D eigenvalue weighted by Gasteiger charge is -2.27. The van der Waals surface area contributed by atoms with Gasteiger partial charge in [0.25, 0.3) is 0 Å². The number of nitrogens with zero attached hydrogens (tertiary/aromatic N) is 1. The van der Waals surface area contributed by atoms with Gasteiger partial charge in [-0.25, -0.2) is 0 Å². The molecule has 0 bridgehead atoms. The van der Waals surface area contributed by atoms with E-state index in [1.54, 1.807) is 0 Å². The Morgan fingerprint density at radius 2 is 2.17 bits per heavy atom. The zero-order valence-corrected chi connectivity index (χ0v) is 8.29. The van der Waals surface area contributed by atoms with Gasteiger partial charge in [-0.2, -0.15) is 0 Å². The Kier molecular flexibility index (Phi) is 7.45. The molecule has 3 N–H and O–H groups in total. The van der Waals surface area contributed by atoms with E-state index in [1.807, 2.05) is 0 Å². The molecule has 0 aromatic heterocycles. The Balaban J connectivity index is 3.62. The second-order valence-electron chi connectivity index (χ2n) is 3.13. The monoisotopic (exact) mass is 174 g/mol. The van der Waals surface area contributed by atoms with Gasteiger partial charge in [-0.15, -0.1) is 0 Å². The predicted octanol–water partition coefficient (Wildman–Crippen LogP) is 0.428. The van der Waals surface area contributed by atoms with Crippen LogP contribution in [-0.4, -0.2) is 42.3 Å². The summed E-state index contributed by atoms with van der Waals surface area (Å²) in [6.45, 7) is 7.39. The van der Waals surface area contributed by atoms with Crippen molar-refractivity contribution >= 4 is 0 Å². The summed E-state index contributed by atoms with van der Waals surface area (Å²) in [7, 11) is 0. The molecule has 0 aromatic rings. The molecule has 0 rings (SSSR count). The first-order valence-corrected chi connectivity index (χ1v) is 4.81. The van der Waals surface area contributed by atoms with Crippen LogP contribution in [0.5, 0.6) is 0 Å². The van der Waals surface area contributed by atoms with Gasteiger partial charge in [-0.1, -0.05) is 6.92 Å². The Morgan fingerprint density at radius 3 is 2.58 bits per heavy atom. The molecule has 1 unspecified atom stereocenters. The minimum Gasteiger partial charge on any atom is -0.396 e. The van der Waals surface area contributed by atoms with Crippen molar-refractivity contribution in [2.45, 2.75) is 32.7 Å². The number of aliphatic hydroxyl groups excluding tert-OH is 1. The molecule has 0 amide bonds. The molecule has 0 saturated heterocycles. The Hall–Kier alpha value is -0.120. The Bertz CT molecular complexity index is 98.5. The molecule has 3 heteroatoms. The number of rotatable bonds is 7. The van der Waals surface area contributed by atoms with Gasteiger partial charge < -0.3 is 15.7 Å². The molecular weight excluding hydrogens is 152 g/mol. The largest absolute Gasteiger partial charge is 0.396 e. The second-order valence-corrected chi connectivity index (χ2v) is 3.13. The molecule has 0 aliphatic carbocycles. The summed E-state index contributed by atoms with van der Waals surface area (Å²) in [4.78, 5) is 2.35. The van der Waals surface area contributed by atoms with Gasteiger partial charge in [0.05, 0.1) is 0 Å². The molecule has 0 aliphatic heterocycles. The summed E-state index contributed by atoms with van der Waals surface area (Å²) < 4.78 is 0. The maximum Gasteiger partial charge on any atom is 0.0443 e. The highest BCUT2D eigenvalue weighted by atomic mass is 16.3. The second kappa shape index (κ2) is 7.53. The predicted molar refractivity (Wildman–Crippen MR) is 52.1 cm³/mol. The van der Waals surface area contributed by atoms with Crippen molar-refractivity contribution in [2.24, 2.45) is 5.73 Å². The zero-order chi connectivity index (χ0) is 9.40. The Morgan fingerprint density at radius 1 is 1.50 bits per heavy atom. The molecular formula is C9H22N2O. The van der Waals surface area contributed by atoms with Gasteiger partial charge in [-0.05, 0) is 32.9 Å². The van der Waals surface area contributed by atoms with Crippen molar-refractivity contribution in [3.63, 3.8) is 0 Å². The minimum atomic E-state index is 0.284. The first-order valence-electron chi connectivity index (χ1n) is 4.81. The van der Waals surface area contributed by atoms with Crippen molar-refractivity contribution < 1.29 is 5.11 Å². The maximum atomic E-state index is 8.67. The summed E-state index contributed by atoms with van der Waals surface area (Å²) in [6, 6.07) is 0.548. The molecule has 0 aliphatic rings. The lowest BCUT2D eigenvalue weighted by Crippen LogP contribution is -2.35. The van der Waals surface area contributed by atoms with Gasteiger partial charge in [0.1, 0.15) is 0 Å². The van der Waals surface area contributed by atoms with Gasteiger partial charge in [0, 0.05) is 19.2 Å². The van der Waals surface area contributed by atoms with E-state index < -0.39 is 0 Å². The highest BCUT2D eigenvalue weighted by molar-refractivity contribution is 4.65. The molecule has 0 aromatic carbocycles. The van der Waals surface area contributed by atoms with Crippen LogP contribution in [0.4, 0.5) is 0 Å². The van der Waals surface area contributed by atoms with E-state index in [9.17, 15) is 0 Å². The van der Waals surface area contributed by atoms with Crippen LogP contribution in [0.15, 0.2) is 0 Å². The molecule has 74 valence electrons. The fourth-order valence-corrected chi connectivity index (χ4v) is 1.39. The molecule has 12 heavy (non-hydrogen) atoms. The fourth-order valence-electron chi connectivity index (χ4n) is 1.39. The lowest BCUT2D eigenvalue weighted by molar-refractivity contribution is 0.185. The van der Waals surface area contributed by atoms with E-state index in [-0.39, 0.29) is 6.61 Å². The summed E-state index contributed by atoms with van der Waals surface area (Å²) in [6.07, 6.45) is 1.90. The summed E-state index contributed by atoms with van der Waals surface area (Å²) >= 11 is 0. The smallest absolute Gasteiger partial charge is 0.0443 e. The third kappa shape index (κ3) is 4.70. The van der Waals surface area contributed by atoms with Crippen LogP contribution >= 0.6 is 0 Å². The highest BCUT2D eigenvalue weighted by Crippen LogP contribution is 2.02. The highest BCUT2D eigenvalue weighted by Gasteiger charge is 2.09. The average Bonchev–Trinajstić information content (AvgIpc) is 2.06. The van der Waals surface area contributed by atoms with Crippen LogP contribution in [0.25, 0.3) is 0 Å². The summed E-state index contributed by atoms with van der Waals surface area (Å²) in [5.41, 5.74) is 5.47. The van der Waals surface area contributed by atoms with E-state index >= 15 is 0 Å². The fraction of sp³-hybridized carbons (Fsp3) is 1.00. The molecule has 3 nitrogen and oxygen atoms in total. The standard InChI is InChI=1S/C9H22N2O/c1-3-11(7-4-8-12)9(2)5-6-10/h9,12H,3-8,10H2,1-2H3. The summed E-state index contributed by atoms with van der Waals surface area (Å²) in [5, 5.41) is 8.67. The van der Waals surface area contributed by atoms with Crippen LogP contribution in [0.3, 0.4) is 0 Å². The topological polar surface area (TPSA) is 49.5 Å². The van der Waals surface area contributed by atoms with Crippen molar-refractivity contribution in [1.29, 1.82) is 0 Å². The normalized spacial score (nSPS) is 13.8.